The maximum Gasteiger partial charge on any atom is 0.415 e. The molecule has 4 nitrogen and oxygen atoms in total. The Morgan fingerprint density at radius 2 is 1.68 bits per heavy atom. The fraction of sp³-hybridized carbons (Fsp3) is 0.611. The van der Waals surface area contributed by atoms with E-state index in [1.54, 1.807) is 0 Å². The van der Waals surface area contributed by atoms with E-state index in [-0.39, 0.29) is 12.4 Å². The lowest BCUT2D eigenvalue weighted by Gasteiger charge is -2.28. The van der Waals surface area contributed by atoms with E-state index >= 15 is 0 Å². The Hall–Kier alpha value is -0.680. The van der Waals surface area contributed by atoms with Crippen molar-refractivity contribution in [2.75, 3.05) is 46.0 Å². The minimum atomic E-state index is -0.410. The molecule has 0 saturated heterocycles. The third-order valence-electron chi connectivity index (χ3n) is 3.91. The molecular weight excluding hydrogens is 383 g/mol. The van der Waals surface area contributed by atoms with Crippen molar-refractivity contribution in [1.82, 2.24) is 9.38 Å². The number of alkyl halides is 2. The molecule has 25 heavy (non-hydrogen) atoms. The first-order valence-corrected chi connectivity index (χ1v) is 9.24. The van der Waals surface area contributed by atoms with Crippen LogP contribution in [0, 0.1) is 6.92 Å². The van der Waals surface area contributed by atoms with Gasteiger partial charge >= 0.3 is 6.09 Å². The van der Waals surface area contributed by atoms with E-state index in [0.29, 0.717) is 41.0 Å². The predicted molar refractivity (Wildman–Crippen MR) is 104 cm³/mol. The molecule has 0 bridgehead atoms. The molecule has 0 unspecified atom stereocenters. The van der Waals surface area contributed by atoms with Gasteiger partial charge in [-0.05, 0) is 24.5 Å². The lowest BCUT2D eigenvalue weighted by Crippen LogP contribution is -3.00. The highest BCUT2D eigenvalue weighted by atomic mass is 35.5. The molecule has 0 aliphatic rings. The third kappa shape index (κ3) is 6.86. The molecule has 0 aliphatic heterocycles. The molecule has 0 saturated carbocycles. The van der Waals surface area contributed by atoms with Gasteiger partial charge < -0.3 is 22.0 Å². The molecule has 0 aliphatic carbocycles. The first kappa shape index (κ1) is 24.3. The number of halogens is 3. The number of amides is 1. The van der Waals surface area contributed by atoms with E-state index in [9.17, 15) is 4.79 Å². The van der Waals surface area contributed by atoms with E-state index in [4.69, 9.17) is 27.9 Å². The highest BCUT2D eigenvalue weighted by molar-refractivity contribution is 6.18. The van der Waals surface area contributed by atoms with Crippen LogP contribution in [0.3, 0.4) is 0 Å². The minimum absolute atomic E-state index is 0. The van der Waals surface area contributed by atoms with Crippen molar-refractivity contribution in [3.8, 4) is 5.75 Å². The molecule has 1 aromatic rings. The molecule has 0 spiro atoms. The SMILES string of the molecule is Cc1c(OC(=O)N(CCCl)CCCl)cc(C(C)C)cc1[N+](C)(C)C.[Cl-]. The van der Waals surface area contributed by atoms with Crippen molar-refractivity contribution in [3.05, 3.63) is 23.3 Å². The van der Waals surface area contributed by atoms with Crippen molar-refractivity contribution in [2.24, 2.45) is 0 Å². The molecule has 0 fully saturated rings. The van der Waals surface area contributed by atoms with E-state index in [1.165, 1.54) is 4.90 Å². The third-order valence-corrected chi connectivity index (χ3v) is 4.25. The minimum Gasteiger partial charge on any atom is -1.00 e. The number of carbonyl (C=O) groups excluding carboxylic acids is 1. The predicted octanol–water partition coefficient (Wildman–Crippen LogP) is 1.60. The molecule has 144 valence electrons. The number of carbonyl (C=O) groups is 1. The number of hydrogen-bond donors (Lipinski definition) is 0. The zero-order chi connectivity index (χ0) is 18.5. The van der Waals surface area contributed by atoms with E-state index in [2.05, 4.69) is 41.1 Å². The quantitative estimate of drug-likeness (QED) is 0.504. The molecule has 1 aromatic carbocycles. The van der Waals surface area contributed by atoms with Gasteiger partial charge in [-0.1, -0.05) is 13.8 Å². The van der Waals surface area contributed by atoms with Crippen LogP contribution in [0.4, 0.5) is 10.5 Å². The van der Waals surface area contributed by atoms with Crippen molar-refractivity contribution in [2.45, 2.75) is 26.7 Å². The topological polar surface area (TPSA) is 29.5 Å². The highest BCUT2D eigenvalue weighted by Gasteiger charge is 2.23. The van der Waals surface area contributed by atoms with Gasteiger partial charge in [-0.15, -0.1) is 23.2 Å². The average Bonchev–Trinajstić information content (AvgIpc) is 2.47. The van der Waals surface area contributed by atoms with E-state index in [1.807, 2.05) is 13.0 Å². The van der Waals surface area contributed by atoms with Crippen molar-refractivity contribution >= 4 is 35.0 Å². The average molecular weight is 412 g/mol. The first-order chi connectivity index (χ1) is 11.1. The maximum absolute atomic E-state index is 12.5. The molecule has 0 atom stereocenters. The second kappa shape index (κ2) is 10.5. The Kier molecular flexibility index (Phi) is 10.2. The van der Waals surface area contributed by atoms with Gasteiger partial charge in [0.15, 0.2) is 0 Å². The highest BCUT2D eigenvalue weighted by Crippen LogP contribution is 2.35. The second-order valence-electron chi connectivity index (χ2n) is 7.06. The van der Waals surface area contributed by atoms with Crippen molar-refractivity contribution in [3.63, 3.8) is 0 Å². The second-order valence-corrected chi connectivity index (χ2v) is 7.82. The number of ether oxygens (including phenoxy) is 1. The van der Waals surface area contributed by atoms with Crippen LogP contribution in [0.1, 0.15) is 30.9 Å². The molecule has 0 radical (unpaired) electrons. The van der Waals surface area contributed by atoms with Gasteiger partial charge in [-0.2, -0.15) is 0 Å². The lowest BCUT2D eigenvalue weighted by atomic mass is 9.99. The number of hydrogen-bond acceptors (Lipinski definition) is 2. The zero-order valence-corrected chi connectivity index (χ0v) is 18.2. The Bertz CT molecular complexity index is 566. The van der Waals surface area contributed by atoms with Crippen LogP contribution in [0.5, 0.6) is 5.75 Å². The van der Waals surface area contributed by atoms with E-state index in [0.717, 1.165) is 16.8 Å². The van der Waals surface area contributed by atoms with E-state index < -0.39 is 6.09 Å². The summed E-state index contributed by atoms with van der Waals surface area (Å²) in [6.07, 6.45) is -0.410. The van der Waals surface area contributed by atoms with Gasteiger partial charge in [-0.3, -0.25) is 4.48 Å². The van der Waals surface area contributed by atoms with Gasteiger partial charge in [0.25, 0.3) is 0 Å². The van der Waals surface area contributed by atoms with Gasteiger partial charge in [-0.25, -0.2) is 4.79 Å². The number of rotatable bonds is 7. The summed E-state index contributed by atoms with van der Waals surface area (Å²) < 4.78 is 6.36. The van der Waals surface area contributed by atoms with Crippen LogP contribution in [-0.2, 0) is 0 Å². The summed E-state index contributed by atoms with van der Waals surface area (Å²) in [4.78, 5) is 14.0. The fourth-order valence-corrected chi connectivity index (χ4v) is 2.89. The summed E-state index contributed by atoms with van der Waals surface area (Å²) in [6, 6.07) is 4.14. The first-order valence-electron chi connectivity index (χ1n) is 8.17. The van der Waals surface area contributed by atoms with Crippen LogP contribution in [-0.4, -0.2) is 57.0 Å². The molecule has 0 heterocycles. The number of benzene rings is 1. The van der Waals surface area contributed by atoms with Crippen molar-refractivity contribution < 1.29 is 21.9 Å². The van der Waals surface area contributed by atoms with Gasteiger partial charge in [0.2, 0.25) is 0 Å². The molecule has 0 N–H and O–H groups in total. The molecular formula is C18H29Cl3N2O2. The molecule has 0 aromatic heterocycles. The van der Waals surface area contributed by atoms with Crippen LogP contribution < -0.4 is 21.6 Å². The molecule has 7 heteroatoms. The van der Waals surface area contributed by atoms with Crippen LogP contribution >= 0.6 is 23.2 Å². The van der Waals surface area contributed by atoms with Crippen molar-refractivity contribution in [1.29, 1.82) is 0 Å². The Morgan fingerprint density at radius 3 is 2.08 bits per heavy atom. The van der Waals surface area contributed by atoms with Crippen LogP contribution in [0.15, 0.2) is 12.1 Å². The molecule has 1 rings (SSSR count). The number of nitrogens with zero attached hydrogens (tertiary/aromatic N) is 2. The Morgan fingerprint density at radius 1 is 1.16 bits per heavy atom. The summed E-state index contributed by atoms with van der Waals surface area (Å²) in [7, 11) is 6.31. The Balaban J connectivity index is 0.00000576. The summed E-state index contributed by atoms with van der Waals surface area (Å²) in [6.45, 7) is 7.07. The van der Waals surface area contributed by atoms with Crippen LogP contribution in [0.25, 0.3) is 0 Å². The number of quaternary nitrogens is 1. The standard InChI is InChI=1S/C18H29Cl2N2O2.ClH/c1-13(2)15-11-16(22(4,5)6)14(3)17(12-15)24-18(23)21(9-7-19)10-8-20;/h11-13H,7-10H2,1-6H3;1H/q+1;/p-1. The summed E-state index contributed by atoms with van der Waals surface area (Å²) in [5, 5.41) is 0. The molecule has 1 amide bonds. The smallest absolute Gasteiger partial charge is 0.415 e. The summed E-state index contributed by atoms with van der Waals surface area (Å²) >= 11 is 11.5. The van der Waals surface area contributed by atoms with Gasteiger partial charge in [0, 0.05) is 30.9 Å². The van der Waals surface area contributed by atoms with Crippen LogP contribution in [0.2, 0.25) is 0 Å². The maximum atomic E-state index is 12.5. The zero-order valence-electron chi connectivity index (χ0n) is 15.9. The monoisotopic (exact) mass is 410 g/mol. The van der Waals surface area contributed by atoms with Gasteiger partial charge in [0.1, 0.15) is 11.4 Å². The largest absolute Gasteiger partial charge is 1.00 e. The fourth-order valence-electron chi connectivity index (χ4n) is 2.49. The van der Waals surface area contributed by atoms with Gasteiger partial charge in [0.05, 0.1) is 26.7 Å². The normalized spacial score (nSPS) is 11.2. The summed E-state index contributed by atoms with van der Waals surface area (Å²) in [5.41, 5.74) is 3.25. The lowest BCUT2D eigenvalue weighted by molar-refractivity contribution is -0.0000109. The Labute approximate surface area is 168 Å². The summed E-state index contributed by atoms with van der Waals surface area (Å²) in [5.74, 6) is 1.64.